The molecule has 2 N–H and O–H groups in total. The van der Waals surface area contributed by atoms with Crippen molar-refractivity contribution < 1.29 is 14.2 Å². The van der Waals surface area contributed by atoms with Gasteiger partial charge in [0.05, 0.1) is 14.2 Å². The van der Waals surface area contributed by atoms with Gasteiger partial charge in [-0.15, -0.1) is 0 Å². The fourth-order valence-corrected chi connectivity index (χ4v) is 2.49. The maximum Gasteiger partial charge on any atom is 0.191 e. The molecule has 6 heteroatoms. The summed E-state index contributed by atoms with van der Waals surface area (Å²) in [6.45, 7) is 2.58. The molecule has 0 saturated heterocycles. The van der Waals surface area contributed by atoms with E-state index in [0.717, 1.165) is 43.3 Å². The second-order valence-corrected chi connectivity index (χ2v) is 5.66. The summed E-state index contributed by atoms with van der Waals surface area (Å²) in [5, 5.41) is 6.55. The lowest BCUT2D eigenvalue weighted by molar-refractivity contribution is 0.386. The molecule has 132 valence electrons. The lowest BCUT2D eigenvalue weighted by Crippen LogP contribution is -2.40. The van der Waals surface area contributed by atoms with Crippen LogP contribution in [-0.2, 0) is 6.54 Å². The molecule has 3 rings (SSSR count). The SMILES string of the molecule is COc1cc(OC)cc(Oc2ccc(CNC3=NCCCN3)cc2)c1. The van der Waals surface area contributed by atoms with Crippen LogP contribution in [0.2, 0.25) is 0 Å². The second kappa shape index (κ2) is 8.28. The number of ether oxygens (including phenoxy) is 3. The van der Waals surface area contributed by atoms with E-state index in [1.807, 2.05) is 42.5 Å². The summed E-state index contributed by atoms with van der Waals surface area (Å²) in [6, 6.07) is 13.4. The zero-order chi connectivity index (χ0) is 17.5. The predicted octanol–water partition coefficient (Wildman–Crippen LogP) is 2.94. The molecule has 0 aromatic heterocycles. The van der Waals surface area contributed by atoms with Gasteiger partial charge in [0.1, 0.15) is 23.0 Å². The molecule has 2 aromatic rings. The topological polar surface area (TPSA) is 64.1 Å². The highest BCUT2D eigenvalue weighted by Gasteiger charge is 2.06. The van der Waals surface area contributed by atoms with Crippen molar-refractivity contribution in [1.29, 1.82) is 0 Å². The van der Waals surface area contributed by atoms with Crippen molar-refractivity contribution in [3.63, 3.8) is 0 Å². The summed E-state index contributed by atoms with van der Waals surface area (Å²) in [5.74, 6) is 3.68. The zero-order valence-electron chi connectivity index (χ0n) is 14.5. The van der Waals surface area contributed by atoms with Crippen LogP contribution in [0.15, 0.2) is 47.5 Å². The van der Waals surface area contributed by atoms with Crippen LogP contribution in [0.1, 0.15) is 12.0 Å². The summed E-state index contributed by atoms with van der Waals surface area (Å²) in [7, 11) is 3.23. The van der Waals surface area contributed by atoms with Gasteiger partial charge in [0, 0.05) is 37.8 Å². The Kier molecular flexibility index (Phi) is 5.61. The zero-order valence-corrected chi connectivity index (χ0v) is 14.5. The molecule has 0 radical (unpaired) electrons. The van der Waals surface area contributed by atoms with Gasteiger partial charge in [0.25, 0.3) is 0 Å². The summed E-state index contributed by atoms with van der Waals surface area (Å²) >= 11 is 0. The molecule has 0 fully saturated rings. The summed E-state index contributed by atoms with van der Waals surface area (Å²) in [6.07, 6.45) is 1.09. The molecule has 0 spiro atoms. The molecule has 6 nitrogen and oxygen atoms in total. The van der Waals surface area contributed by atoms with Gasteiger partial charge in [-0.25, -0.2) is 0 Å². The first-order chi connectivity index (χ1) is 12.3. The standard InChI is InChI=1S/C19H23N3O3/c1-23-16-10-17(24-2)12-18(11-16)25-15-6-4-14(5-7-15)13-22-19-20-8-3-9-21-19/h4-7,10-12H,3,8-9,13H2,1-2H3,(H2,20,21,22). The number of nitrogens with zero attached hydrogens (tertiary/aromatic N) is 1. The Morgan fingerprint density at radius 2 is 1.64 bits per heavy atom. The Bertz CT molecular complexity index is 707. The first kappa shape index (κ1) is 17.0. The summed E-state index contributed by atoms with van der Waals surface area (Å²) in [4.78, 5) is 4.40. The van der Waals surface area contributed by atoms with Crippen LogP contribution in [0.4, 0.5) is 0 Å². The van der Waals surface area contributed by atoms with Crippen molar-refractivity contribution in [1.82, 2.24) is 10.6 Å². The highest BCUT2D eigenvalue weighted by atomic mass is 16.5. The van der Waals surface area contributed by atoms with E-state index in [1.165, 1.54) is 0 Å². The van der Waals surface area contributed by atoms with Crippen molar-refractivity contribution in [3.05, 3.63) is 48.0 Å². The molecule has 0 saturated carbocycles. The van der Waals surface area contributed by atoms with Gasteiger partial charge in [0.2, 0.25) is 0 Å². The Labute approximate surface area is 147 Å². The Balaban J connectivity index is 1.61. The lowest BCUT2D eigenvalue weighted by Gasteiger charge is -2.16. The number of methoxy groups -OCH3 is 2. The van der Waals surface area contributed by atoms with Crippen LogP contribution in [0, 0.1) is 0 Å². The maximum absolute atomic E-state index is 5.90. The van der Waals surface area contributed by atoms with E-state index >= 15 is 0 Å². The van der Waals surface area contributed by atoms with Crippen molar-refractivity contribution in [2.75, 3.05) is 27.3 Å². The van der Waals surface area contributed by atoms with Crippen molar-refractivity contribution in [2.45, 2.75) is 13.0 Å². The van der Waals surface area contributed by atoms with Crippen molar-refractivity contribution in [3.8, 4) is 23.0 Å². The average molecular weight is 341 g/mol. The Morgan fingerprint density at radius 3 is 2.24 bits per heavy atom. The molecular formula is C19H23N3O3. The molecule has 0 atom stereocenters. The molecule has 1 heterocycles. The van der Waals surface area contributed by atoms with Gasteiger partial charge in [-0.2, -0.15) is 0 Å². The Morgan fingerprint density at radius 1 is 0.960 bits per heavy atom. The minimum Gasteiger partial charge on any atom is -0.496 e. The third-order valence-corrected chi connectivity index (χ3v) is 3.84. The number of hydrogen-bond acceptors (Lipinski definition) is 6. The predicted molar refractivity (Wildman–Crippen MR) is 97.8 cm³/mol. The van der Waals surface area contributed by atoms with Crippen molar-refractivity contribution >= 4 is 5.96 Å². The largest absolute Gasteiger partial charge is 0.496 e. The molecule has 0 unspecified atom stereocenters. The summed E-state index contributed by atoms with van der Waals surface area (Å²) in [5.41, 5.74) is 1.16. The van der Waals surface area contributed by atoms with E-state index in [4.69, 9.17) is 14.2 Å². The van der Waals surface area contributed by atoms with Gasteiger partial charge in [-0.1, -0.05) is 12.1 Å². The fraction of sp³-hybridized carbons (Fsp3) is 0.316. The van der Waals surface area contributed by atoms with Crippen LogP contribution in [-0.4, -0.2) is 33.3 Å². The van der Waals surface area contributed by atoms with Gasteiger partial charge in [0.15, 0.2) is 5.96 Å². The van der Waals surface area contributed by atoms with E-state index in [-0.39, 0.29) is 0 Å². The summed E-state index contributed by atoms with van der Waals surface area (Å²) < 4.78 is 16.4. The van der Waals surface area contributed by atoms with Crippen LogP contribution in [0.3, 0.4) is 0 Å². The third-order valence-electron chi connectivity index (χ3n) is 3.84. The van der Waals surface area contributed by atoms with Crippen LogP contribution >= 0.6 is 0 Å². The van der Waals surface area contributed by atoms with E-state index in [2.05, 4.69) is 15.6 Å². The number of guanidine groups is 1. The smallest absolute Gasteiger partial charge is 0.191 e. The number of nitrogens with one attached hydrogen (secondary N) is 2. The number of rotatable bonds is 6. The highest BCUT2D eigenvalue weighted by Crippen LogP contribution is 2.30. The van der Waals surface area contributed by atoms with E-state index in [0.29, 0.717) is 17.2 Å². The van der Waals surface area contributed by atoms with Crippen molar-refractivity contribution in [2.24, 2.45) is 4.99 Å². The van der Waals surface area contributed by atoms with Crippen LogP contribution in [0.25, 0.3) is 0 Å². The Hall–Kier alpha value is -2.89. The lowest BCUT2D eigenvalue weighted by atomic mass is 10.2. The number of aliphatic imine (C=N–C) groups is 1. The monoisotopic (exact) mass is 341 g/mol. The maximum atomic E-state index is 5.90. The van der Waals surface area contributed by atoms with Gasteiger partial charge < -0.3 is 24.8 Å². The van der Waals surface area contributed by atoms with Crippen LogP contribution in [0.5, 0.6) is 23.0 Å². The quantitative estimate of drug-likeness (QED) is 0.846. The fourth-order valence-electron chi connectivity index (χ4n) is 2.49. The first-order valence-corrected chi connectivity index (χ1v) is 8.29. The number of hydrogen-bond donors (Lipinski definition) is 2. The first-order valence-electron chi connectivity index (χ1n) is 8.29. The molecule has 0 bridgehead atoms. The molecule has 25 heavy (non-hydrogen) atoms. The molecule has 1 aliphatic rings. The van der Waals surface area contributed by atoms with Gasteiger partial charge >= 0.3 is 0 Å². The van der Waals surface area contributed by atoms with Crippen LogP contribution < -0.4 is 24.8 Å². The molecular weight excluding hydrogens is 318 g/mol. The molecule has 1 aliphatic heterocycles. The minimum atomic E-state index is 0.669. The average Bonchev–Trinajstić information content (AvgIpc) is 2.68. The third kappa shape index (κ3) is 4.79. The number of benzene rings is 2. The highest BCUT2D eigenvalue weighted by molar-refractivity contribution is 5.80. The van der Waals surface area contributed by atoms with E-state index in [1.54, 1.807) is 14.2 Å². The normalized spacial score (nSPS) is 13.4. The van der Waals surface area contributed by atoms with Gasteiger partial charge in [-0.3, -0.25) is 4.99 Å². The van der Waals surface area contributed by atoms with Gasteiger partial charge in [-0.05, 0) is 24.1 Å². The van der Waals surface area contributed by atoms with E-state index < -0.39 is 0 Å². The van der Waals surface area contributed by atoms with E-state index in [9.17, 15) is 0 Å². The second-order valence-electron chi connectivity index (χ2n) is 5.66. The minimum absolute atomic E-state index is 0.669. The molecule has 0 amide bonds. The molecule has 0 aliphatic carbocycles. The molecule has 2 aromatic carbocycles.